The fourth-order valence-electron chi connectivity index (χ4n) is 1.60. The Bertz CT molecular complexity index is 612. The van der Waals surface area contributed by atoms with Gasteiger partial charge in [-0.3, -0.25) is 10.1 Å². The van der Waals surface area contributed by atoms with Crippen LogP contribution in [0.1, 0.15) is 12.5 Å². The summed E-state index contributed by atoms with van der Waals surface area (Å²) in [6, 6.07) is 4.18. The van der Waals surface area contributed by atoms with Gasteiger partial charge in [0, 0.05) is 0 Å². The molecule has 8 heteroatoms. The van der Waals surface area contributed by atoms with E-state index in [1.54, 1.807) is 23.5 Å². The van der Waals surface area contributed by atoms with Crippen LogP contribution in [0.5, 0.6) is 11.5 Å². The summed E-state index contributed by atoms with van der Waals surface area (Å²) in [6.45, 7) is 0.854. The molecule has 1 rings (SSSR count). The van der Waals surface area contributed by atoms with Crippen molar-refractivity contribution < 1.29 is 28.6 Å². The number of esters is 1. The van der Waals surface area contributed by atoms with E-state index in [0.29, 0.717) is 11.5 Å². The Morgan fingerprint density at radius 2 is 1.96 bits per heavy atom. The van der Waals surface area contributed by atoms with Crippen LogP contribution in [0.25, 0.3) is 6.08 Å². The van der Waals surface area contributed by atoms with E-state index >= 15 is 0 Å². The van der Waals surface area contributed by atoms with E-state index < -0.39 is 31.1 Å². The summed E-state index contributed by atoms with van der Waals surface area (Å²) in [5.74, 6) is -0.775. The number of hydrogen-bond acceptors (Lipinski definition) is 6. The van der Waals surface area contributed by atoms with Gasteiger partial charge in [0.15, 0.2) is 24.7 Å². The molecule has 0 aliphatic heterocycles. The normalized spacial score (nSPS) is 10.2. The maximum Gasteiger partial charge on any atom is 0.344 e. The standard InChI is InChI=1S/C15H18N2O6/c1-3-4-10-5-6-11(12(7-10)21-2)22-9-14(19)23-8-13(18)17-15(16)20/h3-7H,8-9H2,1-2H3,(H3,16,17,18,20)/b4-3+. The van der Waals surface area contributed by atoms with E-state index in [0.717, 1.165) is 5.56 Å². The Kier molecular flexibility index (Phi) is 7.12. The van der Waals surface area contributed by atoms with E-state index in [-0.39, 0.29) is 0 Å². The number of methoxy groups -OCH3 is 1. The fraction of sp³-hybridized carbons (Fsp3) is 0.267. The first-order valence-corrected chi connectivity index (χ1v) is 6.64. The second-order valence-corrected chi connectivity index (χ2v) is 4.27. The van der Waals surface area contributed by atoms with Crippen molar-refractivity contribution in [2.75, 3.05) is 20.3 Å². The zero-order valence-corrected chi connectivity index (χ0v) is 12.8. The monoisotopic (exact) mass is 322 g/mol. The first-order chi connectivity index (χ1) is 11.0. The van der Waals surface area contributed by atoms with Crippen LogP contribution in [0.4, 0.5) is 4.79 Å². The zero-order chi connectivity index (χ0) is 17.2. The van der Waals surface area contributed by atoms with E-state index in [9.17, 15) is 14.4 Å². The Hall–Kier alpha value is -3.03. The van der Waals surface area contributed by atoms with Crippen molar-refractivity contribution in [2.45, 2.75) is 6.92 Å². The summed E-state index contributed by atoms with van der Waals surface area (Å²) in [4.78, 5) is 33.0. The van der Waals surface area contributed by atoms with Crippen LogP contribution in [-0.4, -0.2) is 38.2 Å². The molecule has 0 spiro atoms. The number of primary amides is 1. The highest BCUT2D eigenvalue weighted by Gasteiger charge is 2.11. The van der Waals surface area contributed by atoms with E-state index in [2.05, 4.69) is 4.74 Å². The molecule has 3 N–H and O–H groups in total. The Labute approximate surface area is 133 Å². The van der Waals surface area contributed by atoms with Gasteiger partial charge in [-0.2, -0.15) is 0 Å². The molecule has 0 fully saturated rings. The van der Waals surface area contributed by atoms with Crippen molar-refractivity contribution in [3.05, 3.63) is 29.8 Å². The summed E-state index contributed by atoms with van der Waals surface area (Å²) in [7, 11) is 1.48. The topological polar surface area (TPSA) is 117 Å². The van der Waals surface area contributed by atoms with Gasteiger partial charge in [-0.25, -0.2) is 9.59 Å². The van der Waals surface area contributed by atoms with Gasteiger partial charge in [-0.05, 0) is 24.6 Å². The summed E-state index contributed by atoms with van der Waals surface area (Å²) < 4.78 is 15.1. The van der Waals surface area contributed by atoms with Crippen LogP contribution in [0.15, 0.2) is 24.3 Å². The second kappa shape index (κ2) is 9.08. The predicted molar refractivity (Wildman–Crippen MR) is 81.9 cm³/mol. The average molecular weight is 322 g/mol. The second-order valence-electron chi connectivity index (χ2n) is 4.27. The number of urea groups is 1. The molecule has 124 valence electrons. The molecule has 0 saturated carbocycles. The summed E-state index contributed by atoms with van der Waals surface area (Å²) >= 11 is 0. The molecule has 1 aromatic carbocycles. The number of imide groups is 1. The van der Waals surface area contributed by atoms with Crippen LogP contribution in [0, 0.1) is 0 Å². The molecule has 0 aliphatic rings. The van der Waals surface area contributed by atoms with E-state index in [4.69, 9.17) is 15.2 Å². The van der Waals surface area contributed by atoms with E-state index in [1.165, 1.54) is 7.11 Å². The Morgan fingerprint density at radius 3 is 2.57 bits per heavy atom. The van der Waals surface area contributed by atoms with Crippen molar-refractivity contribution in [3.8, 4) is 11.5 Å². The van der Waals surface area contributed by atoms with Crippen LogP contribution in [0.3, 0.4) is 0 Å². The highest BCUT2D eigenvalue weighted by Crippen LogP contribution is 2.28. The molecule has 0 radical (unpaired) electrons. The minimum atomic E-state index is -1.02. The number of hydrogen-bond donors (Lipinski definition) is 2. The molecule has 0 heterocycles. The summed E-state index contributed by atoms with van der Waals surface area (Å²) in [5.41, 5.74) is 5.66. The van der Waals surface area contributed by atoms with Gasteiger partial charge in [0.1, 0.15) is 0 Å². The van der Waals surface area contributed by atoms with Crippen LogP contribution in [0.2, 0.25) is 0 Å². The number of nitrogens with two attached hydrogens (primary N) is 1. The van der Waals surface area contributed by atoms with Gasteiger partial charge in [0.2, 0.25) is 0 Å². The lowest BCUT2D eigenvalue weighted by molar-refractivity contribution is -0.150. The van der Waals surface area contributed by atoms with Crippen LogP contribution in [-0.2, 0) is 14.3 Å². The third-order valence-corrected chi connectivity index (χ3v) is 2.52. The number of carbonyl (C=O) groups excluding carboxylic acids is 3. The molecule has 23 heavy (non-hydrogen) atoms. The lowest BCUT2D eigenvalue weighted by Gasteiger charge is -2.11. The predicted octanol–water partition coefficient (Wildman–Crippen LogP) is 0.845. The maximum absolute atomic E-state index is 11.5. The molecule has 0 unspecified atom stereocenters. The van der Waals surface area contributed by atoms with Gasteiger partial charge < -0.3 is 19.9 Å². The number of nitrogens with one attached hydrogen (secondary N) is 1. The zero-order valence-electron chi connectivity index (χ0n) is 12.8. The van der Waals surface area contributed by atoms with Crippen molar-refractivity contribution in [1.29, 1.82) is 0 Å². The average Bonchev–Trinajstić information content (AvgIpc) is 2.51. The minimum absolute atomic E-state index is 0.360. The van der Waals surface area contributed by atoms with Gasteiger partial charge in [-0.15, -0.1) is 0 Å². The van der Waals surface area contributed by atoms with Gasteiger partial charge in [0.25, 0.3) is 5.91 Å². The molecule has 1 aromatic rings. The first kappa shape index (κ1) is 18.0. The van der Waals surface area contributed by atoms with Gasteiger partial charge in [-0.1, -0.05) is 18.2 Å². The highest BCUT2D eigenvalue weighted by molar-refractivity contribution is 5.94. The largest absolute Gasteiger partial charge is 0.493 e. The molecule has 3 amide bonds. The van der Waals surface area contributed by atoms with Crippen LogP contribution >= 0.6 is 0 Å². The van der Waals surface area contributed by atoms with Crippen molar-refractivity contribution in [1.82, 2.24) is 5.32 Å². The maximum atomic E-state index is 11.5. The Balaban J connectivity index is 2.52. The number of carbonyl (C=O) groups is 3. The third-order valence-electron chi connectivity index (χ3n) is 2.52. The number of amides is 3. The van der Waals surface area contributed by atoms with Crippen LogP contribution < -0.4 is 20.5 Å². The molecule has 0 aliphatic carbocycles. The quantitative estimate of drug-likeness (QED) is 0.719. The first-order valence-electron chi connectivity index (χ1n) is 6.64. The molecular weight excluding hydrogens is 304 g/mol. The lowest BCUT2D eigenvalue weighted by Crippen LogP contribution is -2.38. The number of ether oxygens (including phenoxy) is 3. The number of rotatable bonds is 7. The Morgan fingerprint density at radius 1 is 1.22 bits per heavy atom. The van der Waals surface area contributed by atoms with Crippen molar-refractivity contribution in [3.63, 3.8) is 0 Å². The fourth-order valence-corrected chi connectivity index (χ4v) is 1.60. The minimum Gasteiger partial charge on any atom is -0.493 e. The molecule has 0 aromatic heterocycles. The third kappa shape index (κ3) is 6.51. The van der Waals surface area contributed by atoms with Gasteiger partial charge >= 0.3 is 12.0 Å². The highest BCUT2D eigenvalue weighted by atomic mass is 16.6. The molecule has 0 atom stereocenters. The van der Waals surface area contributed by atoms with Crippen molar-refractivity contribution >= 4 is 24.0 Å². The molecule has 8 nitrogen and oxygen atoms in total. The SMILES string of the molecule is C/C=C/c1ccc(OCC(=O)OCC(=O)NC(N)=O)c(OC)c1. The molecular formula is C15H18N2O6. The lowest BCUT2D eigenvalue weighted by atomic mass is 10.2. The molecule has 0 saturated heterocycles. The molecule has 0 bridgehead atoms. The number of allylic oxidation sites excluding steroid dienone is 1. The van der Waals surface area contributed by atoms with Gasteiger partial charge in [0.05, 0.1) is 7.11 Å². The van der Waals surface area contributed by atoms with E-state index in [1.807, 2.05) is 19.1 Å². The summed E-state index contributed by atoms with van der Waals surface area (Å²) in [5, 5.41) is 1.76. The number of benzene rings is 1. The smallest absolute Gasteiger partial charge is 0.344 e. The van der Waals surface area contributed by atoms with Crippen molar-refractivity contribution in [2.24, 2.45) is 5.73 Å². The summed E-state index contributed by atoms with van der Waals surface area (Å²) in [6.07, 6.45) is 3.77.